The Labute approximate surface area is 140 Å². The summed E-state index contributed by atoms with van der Waals surface area (Å²) < 4.78 is 6.86. The lowest BCUT2D eigenvalue weighted by Gasteiger charge is -2.03. The maximum atomic E-state index is 12.3. The quantitative estimate of drug-likeness (QED) is 0.783. The fraction of sp³-hybridized carbons (Fsp3) is 0.167. The summed E-state index contributed by atoms with van der Waals surface area (Å²) in [7, 11) is 3.45. The lowest BCUT2D eigenvalue weighted by atomic mass is 10.1. The first-order valence-electron chi connectivity index (χ1n) is 7.53. The van der Waals surface area contributed by atoms with Gasteiger partial charge in [-0.25, -0.2) is 0 Å². The number of pyridine rings is 1. The summed E-state index contributed by atoms with van der Waals surface area (Å²) in [6.07, 6.45) is 3.40. The Kier molecular flexibility index (Phi) is 4.56. The van der Waals surface area contributed by atoms with Crippen molar-refractivity contribution in [3.63, 3.8) is 0 Å². The minimum absolute atomic E-state index is 0.206. The van der Waals surface area contributed by atoms with Gasteiger partial charge in [0.15, 0.2) is 5.69 Å². The molecule has 24 heavy (non-hydrogen) atoms. The highest BCUT2D eigenvalue weighted by Crippen LogP contribution is 2.22. The number of benzene rings is 1. The zero-order valence-electron chi connectivity index (χ0n) is 13.6. The first-order valence-corrected chi connectivity index (χ1v) is 7.53. The number of nitrogens with one attached hydrogen (secondary N) is 1. The molecule has 0 spiro atoms. The molecule has 1 aromatic carbocycles. The Morgan fingerprint density at radius 2 is 1.88 bits per heavy atom. The average Bonchev–Trinajstić information content (AvgIpc) is 3.02. The van der Waals surface area contributed by atoms with Crippen molar-refractivity contribution in [3.8, 4) is 17.0 Å². The molecule has 1 amide bonds. The fourth-order valence-corrected chi connectivity index (χ4v) is 2.38. The number of amides is 1. The number of carbonyl (C=O) groups is 1. The highest BCUT2D eigenvalue weighted by atomic mass is 16.5. The number of hydrogen-bond donors (Lipinski definition) is 1. The van der Waals surface area contributed by atoms with Crippen molar-refractivity contribution in [1.82, 2.24) is 20.1 Å². The van der Waals surface area contributed by atoms with Gasteiger partial charge in [0.1, 0.15) is 5.75 Å². The van der Waals surface area contributed by atoms with Gasteiger partial charge in [-0.3, -0.25) is 14.5 Å². The van der Waals surface area contributed by atoms with Gasteiger partial charge in [0.25, 0.3) is 5.91 Å². The van der Waals surface area contributed by atoms with Crippen LogP contribution < -0.4 is 10.1 Å². The largest absolute Gasteiger partial charge is 0.497 e. The van der Waals surface area contributed by atoms with Gasteiger partial charge < -0.3 is 10.1 Å². The van der Waals surface area contributed by atoms with Crippen LogP contribution in [-0.4, -0.2) is 27.8 Å². The first-order chi connectivity index (χ1) is 11.7. The molecule has 0 bridgehead atoms. The number of methoxy groups -OCH3 is 1. The second-order valence-electron chi connectivity index (χ2n) is 5.31. The number of aromatic nitrogens is 3. The molecule has 2 aromatic heterocycles. The second kappa shape index (κ2) is 6.95. The van der Waals surface area contributed by atoms with Crippen molar-refractivity contribution in [1.29, 1.82) is 0 Å². The minimum Gasteiger partial charge on any atom is -0.497 e. The fourth-order valence-electron chi connectivity index (χ4n) is 2.38. The second-order valence-corrected chi connectivity index (χ2v) is 5.31. The predicted octanol–water partition coefficient (Wildman–Crippen LogP) is 2.42. The molecular weight excluding hydrogens is 304 g/mol. The molecule has 0 saturated heterocycles. The summed E-state index contributed by atoms with van der Waals surface area (Å²) in [5, 5.41) is 7.17. The molecule has 0 radical (unpaired) electrons. The highest BCUT2D eigenvalue weighted by Gasteiger charge is 2.13. The van der Waals surface area contributed by atoms with E-state index in [0.29, 0.717) is 12.2 Å². The van der Waals surface area contributed by atoms with Crippen LogP contribution in [0.1, 0.15) is 16.1 Å². The van der Waals surface area contributed by atoms with Crippen LogP contribution in [0.2, 0.25) is 0 Å². The van der Waals surface area contributed by atoms with Crippen LogP contribution in [0.4, 0.5) is 0 Å². The topological polar surface area (TPSA) is 69.0 Å². The predicted molar refractivity (Wildman–Crippen MR) is 90.6 cm³/mol. The van der Waals surface area contributed by atoms with E-state index in [9.17, 15) is 4.79 Å². The van der Waals surface area contributed by atoms with Gasteiger partial charge in [0.05, 0.1) is 12.8 Å². The van der Waals surface area contributed by atoms with E-state index in [1.54, 1.807) is 30.3 Å². The van der Waals surface area contributed by atoms with Gasteiger partial charge >= 0.3 is 0 Å². The van der Waals surface area contributed by atoms with Crippen LogP contribution >= 0.6 is 0 Å². The molecule has 2 heterocycles. The van der Waals surface area contributed by atoms with Gasteiger partial charge in [-0.15, -0.1) is 0 Å². The zero-order valence-corrected chi connectivity index (χ0v) is 13.6. The number of rotatable bonds is 5. The Morgan fingerprint density at radius 1 is 1.17 bits per heavy atom. The van der Waals surface area contributed by atoms with E-state index >= 15 is 0 Å². The van der Waals surface area contributed by atoms with Crippen LogP contribution in [0.5, 0.6) is 5.75 Å². The lowest BCUT2D eigenvalue weighted by Crippen LogP contribution is -2.23. The number of aryl methyl sites for hydroxylation is 1. The SMILES string of the molecule is COc1ccc(-c2cc(C(=O)NCc3ccncc3)nn2C)cc1. The molecule has 3 rings (SSSR count). The van der Waals surface area contributed by atoms with Crippen molar-refractivity contribution in [2.45, 2.75) is 6.54 Å². The Bertz CT molecular complexity index is 826. The maximum Gasteiger partial charge on any atom is 0.272 e. The third kappa shape index (κ3) is 3.43. The molecule has 0 fully saturated rings. The van der Waals surface area contributed by atoms with Crippen molar-refractivity contribution in [2.75, 3.05) is 7.11 Å². The minimum atomic E-state index is -0.206. The van der Waals surface area contributed by atoms with Crippen molar-refractivity contribution >= 4 is 5.91 Å². The summed E-state index contributed by atoms with van der Waals surface area (Å²) >= 11 is 0. The molecule has 122 valence electrons. The molecule has 1 N–H and O–H groups in total. The van der Waals surface area contributed by atoms with E-state index in [0.717, 1.165) is 22.6 Å². The summed E-state index contributed by atoms with van der Waals surface area (Å²) in [4.78, 5) is 16.2. The molecule has 3 aromatic rings. The zero-order chi connectivity index (χ0) is 16.9. The molecule has 6 heteroatoms. The van der Waals surface area contributed by atoms with Crippen molar-refractivity contribution in [2.24, 2.45) is 7.05 Å². The highest BCUT2D eigenvalue weighted by molar-refractivity contribution is 5.93. The Balaban J connectivity index is 1.74. The molecule has 0 saturated carbocycles. The lowest BCUT2D eigenvalue weighted by molar-refractivity contribution is 0.0945. The summed E-state index contributed by atoms with van der Waals surface area (Å²) in [6, 6.07) is 13.1. The number of hydrogen-bond acceptors (Lipinski definition) is 4. The molecule has 0 atom stereocenters. The van der Waals surface area contributed by atoms with Crippen LogP contribution in [0.15, 0.2) is 54.9 Å². The van der Waals surface area contributed by atoms with Gasteiger partial charge in [-0.05, 0) is 48.0 Å². The molecular formula is C18H18N4O2. The molecule has 0 unspecified atom stereocenters. The van der Waals surface area contributed by atoms with Crippen LogP contribution in [-0.2, 0) is 13.6 Å². The van der Waals surface area contributed by atoms with Crippen LogP contribution in [0.3, 0.4) is 0 Å². The molecule has 0 aliphatic carbocycles. The smallest absolute Gasteiger partial charge is 0.272 e. The van der Waals surface area contributed by atoms with E-state index in [1.807, 2.05) is 43.4 Å². The van der Waals surface area contributed by atoms with Crippen molar-refractivity contribution in [3.05, 3.63) is 66.1 Å². The monoisotopic (exact) mass is 322 g/mol. The van der Waals surface area contributed by atoms with Gasteiger partial charge in [-0.1, -0.05) is 0 Å². The average molecular weight is 322 g/mol. The van der Waals surface area contributed by atoms with Crippen molar-refractivity contribution < 1.29 is 9.53 Å². The van der Waals surface area contributed by atoms with E-state index in [-0.39, 0.29) is 5.91 Å². The summed E-state index contributed by atoms with van der Waals surface area (Å²) in [6.45, 7) is 0.440. The van der Waals surface area contributed by atoms with Gasteiger partial charge in [0.2, 0.25) is 0 Å². The maximum absolute atomic E-state index is 12.3. The van der Waals surface area contributed by atoms with E-state index in [1.165, 1.54) is 0 Å². The third-order valence-corrected chi connectivity index (χ3v) is 3.70. The number of nitrogens with zero attached hydrogens (tertiary/aromatic N) is 3. The normalized spacial score (nSPS) is 10.4. The van der Waals surface area contributed by atoms with Crippen LogP contribution in [0.25, 0.3) is 11.3 Å². The van der Waals surface area contributed by atoms with E-state index in [2.05, 4.69) is 15.4 Å². The molecule has 0 aliphatic rings. The Morgan fingerprint density at radius 3 is 2.54 bits per heavy atom. The summed E-state index contributed by atoms with van der Waals surface area (Å²) in [5.74, 6) is 0.582. The molecule has 0 aliphatic heterocycles. The molecule has 6 nitrogen and oxygen atoms in total. The Hall–Kier alpha value is -3.15. The van der Waals surface area contributed by atoms with Crippen LogP contribution in [0, 0.1) is 0 Å². The standard InChI is InChI=1S/C18H18N4O2/c1-22-17(14-3-5-15(24-2)6-4-14)11-16(21-22)18(23)20-12-13-7-9-19-10-8-13/h3-11H,12H2,1-2H3,(H,20,23). The third-order valence-electron chi connectivity index (χ3n) is 3.70. The van der Waals surface area contributed by atoms with Gasteiger partial charge in [-0.2, -0.15) is 5.10 Å². The summed E-state index contributed by atoms with van der Waals surface area (Å²) in [5.41, 5.74) is 3.22. The number of carbonyl (C=O) groups excluding carboxylic acids is 1. The number of ether oxygens (including phenoxy) is 1. The first kappa shape index (κ1) is 15.7. The van der Waals surface area contributed by atoms with E-state index < -0.39 is 0 Å². The van der Waals surface area contributed by atoms with Gasteiger partial charge in [0, 0.05) is 31.5 Å². The van der Waals surface area contributed by atoms with E-state index in [4.69, 9.17) is 4.74 Å².